The minimum atomic E-state index is -4.76. The number of halogens is 4. The Balaban J connectivity index is 3.02. The third-order valence-electron chi connectivity index (χ3n) is 2.79. The number of sulfonamides is 1. The van der Waals surface area contributed by atoms with E-state index in [9.17, 15) is 26.0 Å². The highest BCUT2D eigenvalue weighted by atomic mass is 32.2. The predicted octanol–water partition coefficient (Wildman–Crippen LogP) is 2.14. The van der Waals surface area contributed by atoms with Crippen LogP contribution in [0.3, 0.4) is 0 Å². The quantitative estimate of drug-likeness (QED) is 0.786. The van der Waals surface area contributed by atoms with Crippen molar-refractivity contribution in [2.45, 2.75) is 24.4 Å². The van der Waals surface area contributed by atoms with Gasteiger partial charge in [-0.25, -0.2) is 17.5 Å². The van der Waals surface area contributed by atoms with Crippen LogP contribution in [0.4, 0.5) is 17.6 Å². The molecule has 0 aliphatic rings. The Morgan fingerprint density at radius 3 is 2.48 bits per heavy atom. The second-order valence-corrected chi connectivity index (χ2v) is 6.35. The van der Waals surface area contributed by atoms with Crippen molar-refractivity contribution < 1.29 is 31.1 Å². The van der Waals surface area contributed by atoms with Crippen molar-refractivity contribution in [2.24, 2.45) is 5.92 Å². The van der Waals surface area contributed by atoms with Gasteiger partial charge in [0.1, 0.15) is 10.7 Å². The van der Waals surface area contributed by atoms with E-state index in [-0.39, 0.29) is 25.1 Å². The van der Waals surface area contributed by atoms with Crippen LogP contribution in [0.2, 0.25) is 0 Å². The van der Waals surface area contributed by atoms with Gasteiger partial charge in [0.2, 0.25) is 10.0 Å². The standard InChI is InChI=1S/C12H15F4NO3S/c1-8(4-5-18)7-17-21(19,20)11-6-9(12(14,15)16)2-3-10(11)13/h2-3,6,8,17-18H,4-5,7H2,1H3. The molecule has 0 spiro atoms. The summed E-state index contributed by atoms with van der Waals surface area (Å²) in [6, 6.07) is 1.20. The van der Waals surface area contributed by atoms with Gasteiger partial charge in [-0.1, -0.05) is 6.92 Å². The van der Waals surface area contributed by atoms with E-state index in [1.165, 1.54) is 0 Å². The zero-order chi connectivity index (χ0) is 16.3. The van der Waals surface area contributed by atoms with Crippen LogP contribution in [0.15, 0.2) is 23.1 Å². The summed E-state index contributed by atoms with van der Waals surface area (Å²) in [6.07, 6.45) is -4.45. The first kappa shape index (κ1) is 17.9. The number of benzene rings is 1. The monoisotopic (exact) mass is 329 g/mol. The van der Waals surface area contributed by atoms with Gasteiger partial charge in [0, 0.05) is 13.2 Å². The molecule has 0 bridgehead atoms. The Kier molecular flexibility index (Phi) is 5.71. The van der Waals surface area contributed by atoms with Gasteiger partial charge >= 0.3 is 6.18 Å². The fourth-order valence-electron chi connectivity index (χ4n) is 1.54. The van der Waals surface area contributed by atoms with Gasteiger partial charge < -0.3 is 5.11 Å². The summed E-state index contributed by atoms with van der Waals surface area (Å²) in [5.74, 6) is -1.50. The fraction of sp³-hybridized carbons (Fsp3) is 0.500. The molecule has 1 aromatic carbocycles. The molecule has 9 heteroatoms. The minimum absolute atomic E-state index is 0.113. The summed E-state index contributed by atoms with van der Waals surface area (Å²) < 4.78 is 76.9. The maximum atomic E-state index is 13.5. The number of rotatable bonds is 6. The first-order valence-corrected chi connectivity index (χ1v) is 7.53. The third kappa shape index (κ3) is 4.94. The zero-order valence-electron chi connectivity index (χ0n) is 11.1. The van der Waals surface area contributed by atoms with Crippen molar-refractivity contribution in [1.29, 1.82) is 0 Å². The van der Waals surface area contributed by atoms with Gasteiger partial charge in [0.25, 0.3) is 0 Å². The van der Waals surface area contributed by atoms with E-state index in [0.29, 0.717) is 18.6 Å². The van der Waals surface area contributed by atoms with Gasteiger partial charge in [0.15, 0.2) is 0 Å². The lowest BCUT2D eigenvalue weighted by Crippen LogP contribution is -2.29. The van der Waals surface area contributed by atoms with E-state index in [1.54, 1.807) is 6.92 Å². The summed E-state index contributed by atoms with van der Waals surface area (Å²) in [4.78, 5) is -1.05. The van der Waals surface area contributed by atoms with Gasteiger partial charge in [-0.3, -0.25) is 0 Å². The molecule has 0 radical (unpaired) electrons. The summed E-state index contributed by atoms with van der Waals surface area (Å²) in [5.41, 5.74) is -1.24. The van der Waals surface area contributed by atoms with Crippen molar-refractivity contribution in [1.82, 2.24) is 4.72 Å². The van der Waals surface area contributed by atoms with Crippen molar-refractivity contribution in [3.05, 3.63) is 29.6 Å². The smallest absolute Gasteiger partial charge is 0.396 e. The molecular formula is C12H15F4NO3S. The van der Waals surface area contributed by atoms with Gasteiger partial charge in [0.05, 0.1) is 5.56 Å². The van der Waals surface area contributed by atoms with Gasteiger partial charge in [-0.05, 0) is 30.5 Å². The van der Waals surface area contributed by atoms with Crippen molar-refractivity contribution in [3.8, 4) is 0 Å². The van der Waals surface area contributed by atoms with Crippen LogP contribution in [-0.2, 0) is 16.2 Å². The Labute approximate surface area is 119 Å². The van der Waals surface area contributed by atoms with Crippen LogP contribution in [0.25, 0.3) is 0 Å². The van der Waals surface area contributed by atoms with E-state index in [2.05, 4.69) is 0 Å². The number of aliphatic hydroxyl groups is 1. The maximum Gasteiger partial charge on any atom is 0.416 e. The first-order chi connectivity index (χ1) is 9.58. The van der Waals surface area contributed by atoms with E-state index in [1.807, 2.05) is 4.72 Å². The van der Waals surface area contributed by atoms with E-state index < -0.39 is 32.5 Å². The molecule has 1 atom stereocenters. The van der Waals surface area contributed by atoms with Crippen molar-refractivity contribution >= 4 is 10.0 Å². The van der Waals surface area contributed by atoms with Crippen LogP contribution in [0.1, 0.15) is 18.9 Å². The maximum absolute atomic E-state index is 13.5. The molecule has 0 aromatic heterocycles. The van der Waals surface area contributed by atoms with Crippen LogP contribution >= 0.6 is 0 Å². The highest BCUT2D eigenvalue weighted by molar-refractivity contribution is 7.89. The molecule has 0 heterocycles. The zero-order valence-corrected chi connectivity index (χ0v) is 11.9. The van der Waals surface area contributed by atoms with E-state index in [4.69, 9.17) is 5.11 Å². The molecule has 0 fully saturated rings. The topological polar surface area (TPSA) is 66.4 Å². The second kappa shape index (κ2) is 6.71. The molecule has 0 amide bonds. The number of aliphatic hydroxyl groups excluding tert-OH is 1. The lowest BCUT2D eigenvalue weighted by molar-refractivity contribution is -0.137. The second-order valence-electron chi connectivity index (χ2n) is 4.61. The molecule has 2 N–H and O–H groups in total. The lowest BCUT2D eigenvalue weighted by Gasteiger charge is -2.13. The molecule has 0 saturated carbocycles. The highest BCUT2D eigenvalue weighted by Gasteiger charge is 2.33. The summed E-state index contributed by atoms with van der Waals surface area (Å²) in [6.45, 7) is 1.38. The largest absolute Gasteiger partial charge is 0.416 e. The molecule has 0 aliphatic heterocycles. The Morgan fingerprint density at radius 1 is 1.33 bits per heavy atom. The lowest BCUT2D eigenvalue weighted by atomic mass is 10.1. The minimum Gasteiger partial charge on any atom is -0.396 e. The Morgan fingerprint density at radius 2 is 1.95 bits per heavy atom. The molecule has 1 unspecified atom stereocenters. The molecular weight excluding hydrogens is 314 g/mol. The molecule has 21 heavy (non-hydrogen) atoms. The number of hydrogen-bond donors (Lipinski definition) is 2. The van der Waals surface area contributed by atoms with Crippen LogP contribution in [0, 0.1) is 11.7 Å². The molecule has 1 rings (SSSR count). The summed E-state index contributed by atoms with van der Waals surface area (Å²) >= 11 is 0. The molecule has 0 aliphatic carbocycles. The average molecular weight is 329 g/mol. The summed E-state index contributed by atoms with van der Waals surface area (Å²) in [5, 5.41) is 8.69. The van der Waals surface area contributed by atoms with E-state index in [0.717, 1.165) is 0 Å². The Bertz CT molecular complexity index is 587. The molecule has 0 saturated heterocycles. The molecule has 1 aromatic rings. The van der Waals surface area contributed by atoms with Crippen LogP contribution in [-0.4, -0.2) is 26.7 Å². The third-order valence-corrected chi connectivity index (χ3v) is 4.23. The number of nitrogens with one attached hydrogen (secondary N) is 1. The van der Waals surface area contributed by atoms with Crippen LogP contribution < -0.4 is 4.72 Å². The van der Waals surface area contributed by atoms with E-state index >= 15 is 0 Å². The highest BCUT2D eigenvalue weighted by Crippen LogP contribution is 2.31. The number of hydrogen-bond acceptors (Lipinski definition) is 3. The molecule has 4 nitrogen and oxygen atoms in total. The van der Waals surface area contributed by atoms with Crippen molar-refractivity contribution in [2.75, 3.05) is 13.2 Å². The van der Waals surface area contributed by atoms with Gasteiger partial charge in [-0.2, -0.15) is 13.2 Å². The Hall–Kier alpha value is -1.19. The molecule has 120 valence electrons. The SMILES string of the molecule is CC(CCO)CNS(=O)(=O)c1cc(C(F)(F)F)ccc1F. The summed E-state index contributed by atoms with van der Waals surface area (Å²) in [7, 11) is -4.39. The normalized spacial score (nSPS) is 14.2. The van der Waals surface area contributed by atoms with Gasteiger partial charge in [-0.15, -0.1) is 0 Å². The van der Waals surface area contributed by atoms with Crippen LogP contribution in [0.5, 0.6) is 0 Å². The average Bonchev–Trinajstić information content (AvgIpc) is 2.36. The predicted molar refractivity (Wildman–Crippen MR) is 67.5 cm³/mol. The number of alkyl halides is 3. The van der Waals surface area contributed by atoms with Crippen molar-refractivity contribution in [3.63, 3.8) is 0 Å². The first-order valence-electron chi connectivity index (χ1n) is 6.05. The fourth-order valence-corrected chi connectivity index (χ4v) is 2.80.